The van der Waals surface area contributed by atoms with Gasteiger partial charge >= 0.3 is 0 Å². The quantitative estimate of drug-likeness (QED) is 0.724. The van der Waals surface area contributed by atoms with Crippen LogP contribution in [-0.4, -0.2) is 55.6 Å². The van der Waals surface area contributed by atoms with Gasteiger partial charge in [0.1, 0.15) is 0 Å². The zero-order valence-corrected chi connectivity index (χ0v) is 16.4. The van der Waals surface area contributed by atoms with Gasteiger partial charge in [0.25, 0.3) is 5.91 Å². The van der Waals surface area contributed by atoms with Crippen LogP contribution in [0, 0.1) is 0 Å². The Hall–Kier alpha value is -1.63. The zero-order chi connectivity index (χ0) is 18.1. The third kappa shape index (κ3) is 6.94. The molecule has 0 aromatic heterocycles. The summed E-state index contributed by atoms with van der Waals surface area (Å²) in [6.45, 7) is 7.71. The van der Waals surface area contributed by atoms with Gasteiger partial charge in [0, 0.05) is 43.3 Å². The summed E-state index contributed by atoms with van der Waals surface area (Å²) in [6, 6.07) is 7.18. The number of nitrogens with zero attached hydrogens (tertiary/aromatic N) is 1. The van der Waals surface area contributed by atoms with Crippen molar-refractivity contribution in [3.8, 4) is 0 Å². The molecule has 7 heteroatoms. The second kappa shape index (κ2) is 11.9. The molecule has 0 saturated carbocycles. The molecule has 2 N–H and O–H groups in total. The average Bonchev–Trinajstić information content (AvgIpc) is 2.62. The molecule has 1 aromatic rings. The molecule has 2 rings (SSSR count). The van der Waals surface area contributed by atoms with E-state index in [0.29, 0.717) is 30.9 Å². The van der Waals surface area contributed by atoms with E-state index in [9.17, 15) is 9.59 Å². The monoisotopic (exact) mass is 383 g/mol. The Morgan fingerprint density at radius 3 is 2.38 bits per heavy atom. The molecule has 0 spiro atoms. The highest BCUT2D eigenvalue weighted by Crippen LogP contribution is 2.13. The molecule has 146 valence electrons. The molecule has 1 heterocycles. The lowest BCUT2D eigenvalue weighted by Crippen LogP contribution is -2.43. The Bertz CT molecular complexity index is 554. The fourth-order valence-electron chi connectivity index (χ4n) is 2.92. The van der Waals surface area contributed by atoms with E-state index in [-0.39, 0.29) is 30.3 Å². The second-order valence-electron chi connectivity index (χ2n) is 6.35. The number of nitrogens with one attached hydrogen (secondary N) is 2. The molecule has 1 atom stereocenters. The van der Waals surface area contributed by atoms with E-state index in [1.165, 1.54) is 0 Å². The van der Waals surface area contributed by atoms with Crippen LogP contribution in [0.25, 0.3) is 0 Å². The number of carbonyl (C=O) groups excluding carboxylic acids is 2. The smallest absolute Gasteiger partial charge is 0.253 e. The first-order valence-electron chi connectivity index (χ1n) is 9.14. The van der Waals surface area contributed by atoms with Crippen molar-refractivity contribution < 1.29 is 14.3 Å². The van der Waals surface area contributed by atoms with E-state index < -0.39 is 0 Å². The van der Waals surface area contributed by atoms with Gasteiger partial charge in [-0.05, 0) is 37.1 Å². The summed E-state index contributed by atoms with van der Waals surface area (Å²) in [6.07, 6.45) is 2.26. The molecule has 0 bridgehead atoms. The third-order valence-corrected chi connectivity index (χ3v) is 4.12. The van der Waals surface area contributed by atoms with Gasteiger partial charge in [-0.1, -0.05) is 13.8 Å². The summed E-state index contributed by atoms with van der Waals surface area (Å²) in [7, 11) is 0. The van der Waals surface area contributed by atoms with E-state index in [0.717, 1.165) is 32.5 Å². The first kappa shape index (κ1) is 22.4. The van der Waals surface area contributed by atoms with Crippen molar-refractivity contribution in [2.45, 2.75) is 39.2 Å². The Morgan fingerprint density at radius 2 is 1.85 bits per heavy atom. The highest BCUT2D eigenvalue weighted by atomic mass is 35.5. The Labute approximate surface area is 162 Å². The number of anilines is 1. The maximum absolute atomic E-state index is 12.5. The number of carbonyl (C=O) groups is 2. The first-order valence-corrected chi connectivity index (χ1v) is 9.14. The molecule has 1 fully saturated rings. The van der Waals surface area contributed by atoms with Crippen LogP contribution in [0.3, 0.4) is 0 Å². The lowest BCUT2D eigenvalue weighted by Gasteiger charge is -2.23. The normalized spacial score (nSPS) is 16.5. The third-order valence-electron chi connectivity index (χ3n) is 4.12. The van der Waals surface area contributed by atoms with Crippen molar-refractivity contribution in [3.05, 3.63) is 29.8 Å². The topological polar surface area (TPSA) is 70.7 Å². The average molecular weight is 384 g/mol. The Morgan fingerprint density at radius 1 is 1.19 bits per heavy atom. The molecule has 0 aliphatic carbocycles. The molecule has 0 radical (unpaired) electrons. The van der Waals surface area contributed by atoms with Crippen molar-refractivity contribution in [3.63, 3.8) is 0 Å². The molecule has 26 heavy (non-hydrogen) atoms. The van der Waals surface area contributed by atoms with Gasteiger partial charge in [0.05, 0.1) is 13.2 Å². The fraction of sp³-hybridized carbons (Fsp3) is 0.579. The number of halogens is 1. The highest BCUT2D eigenvalue weighted by Gasteiger charge is 2.17. The van der Waals surface area contributed by atoms with Crippen molar-refractivity contribution in [2.24, 2.45) is 0 Å². The number of benzene rings is 1. The van der Waals surface area contributed by atoms with Gasteiger partial charge < -0.3 is 20.3 Å². The zero-order valence-electron chi connectivity index (χ0n) is 15.6. The van der Waals surface area contributed by atoms with Gasteiger partial charge in [0.2, 0.25) is 5.91 Å². The van der Waals surface area contributed by atoms with Crippen LogP contribution in [0.4, 0.5) is 5.69 Å². The van der Waals surface area contributed by atoms with E-state index in [4.69, 9.17) is 4.74 Å². The Kier molecular flexibility index (Phi) is 10.2. The van der Waals surface area contributed by atoms with E-state index in [2.05, 4.69) is 24.5 Å². The summed E-state index contributed by atoms with van der Waals surface area (Å²) >= 11 is 0. The minimum Gasteiger partial charge on any atom is -0.378 e. The SMILES string of the molecule is CCCN(CCC)C(=O)c1ccc(NC(=O)CC2COCCN2)cc1.Cl. The van der Waals surface area contributed by atoms with Crippen molar-refractivity contribution in [1.82, 2.24) is 10.2 Å². The molecular formula is C19H30ClN3O3. The van der Waals surface area contributed by atoms with Gasteiger partial charge in [0.15, 0.2) is 0 Å². The van der Waals surface area contributed by atoms with E-state index in [1.807, 2.05) is 4.90 Å². The van der Waals surface area contributed by atoms with Crippen molar-refractivity contribution in [1.29, 1.82) is 0 Å². The highest BCUT2D eigenvalue weighted by molar-refractivity contribution is 5.96. The minimum absolute atomic E-state index is 0. The molecule has 6 nitrogen and oxygen atoms in total. The lowest BCUT2D eigenvalue weighted by atomic mass is 10.1. The summed E-state index contributed by atoms with van der Waals surface area (Å²) in [5.74, 6) is -0.00852. The maximum Gasteiger partial charge on any atom is 0.253 e. The molecule has 1 unspecified atom stereocenters. The lowest BCUT2D eigenvalue weighted by molar-refractivity contribution is -0.117. The summed E-state index contributed by atoms with van der Waals surface area (Å²) in [5, 5.41) is 6.14. The number of amides is 2. The van der Waals surface area contributed by atoms with Crippen molar-refractivity contribution in [2.75, 3.05) is 38.2 Å². The predicted octanol–water partition coefficient (Wildman–Crippen LogP) is 2.69. The number of morpholine rings is 1. The van der Waals surface area contributed by atoms with Gasteiger partial charge in [-0.25, -0.2) is 0 Å². The number of ether oxygens (including phenoxy) is 1. The summed E-state index contributed by atoms with van der Waals surface area (Å²) in [4.78, 5) is 26.5. The van der Waals surface area contributed by atoms with Gasteiger partial charge in [-0.15, -0.1) is 12.4 Å². The van der Waals surface area contributed by atoms with Crippen LogP contribution in [-0.2, 0) is 9.53 Å². The van der Waals surface area contributed by atoms with Crippen LogP contribution in [0.15, 0.2) is 24.3 Å². The standard InChI is InChI=1S/C19H29N3O3.ClH/c1-3-10-22(11-4-2)19(24)15-5-7-16(8-6-15)21-18(23)13-17-14-25-12-9-20-17;/h5-8,17,20H,3-4,9-14H2,1-2H3,(H,21,23);1H. The predicted molar refractivity (Wildman–Crippen MR) is 106 cm³/mol. The Balaban J connectivity index is 0.00000338. The maximum atomic E-state index is 12.5. The summed E-state index contributed by atoms with van der Waals surface area (Å²) < 4.78 is 5.35. The largest absolute Gasteiger partial charge is 0.378 e. The van der Waals surface area contributed by atoms with Gasteiger partial charge in [-0.3, -0.25) is 9.59 Å². The molecule has 1 aliphatic rings. The van der Waals surface area contributed by atoms with Crippen LogP contribution in [0.1, 0.15) is 43.5 Å². The number of hydrogen-bond acceptors (Lipinski definition) is 4. The molecule has 1 aliphatic heterocycles. The molecular weight excluding hydrogens is 354 g/mol. The molecule has 1 saturated heterocycles. The first-order chi connectivity index (χ1) is 12.1. The minimum atomic E-state index is -0.0549. The van der Waals surface area contributed by atoms with E-state index in [1.54, 1.807) is 24.3 Å². The van der Waals surface area contributed by atoms with Crippen LogP contribution in [0.2, 0.25) is 0 Å². The summed E-state index contributed by atoms with van der Waals surface area (Å²) in [5.41, 5.74) is 1.36. The van der Waals surface area contributed by atoms with Crippen LogP contribution in [0.5, 0.6) is 0 Å². The van der Waals surface area contributed by atoms with Crippen molar-refractivity contribution >= 4 is 29.9 Å². The van der Waals surface area contributed by atoms with Gasteiger partial charge in [-0.2, -0.15) is 0 Å². The number of rotatable bonds is 8. The fourth-order valence-corrected chi connectivity index (χ4v) is 2.92. The van der Waals surface area contributed by atoms with E-state index >= 15 is 0 Å². The second-order valence-corrected chi connectivity index (χ2v) is 6.35. The molecule has 2 amide bonds. The van der Waals surface area contributed by atoms with Crippen LogP contribution < -0.4 is 10.6 Å². The van der Waals surface area contributed by atoms with Crippen LogP contribution >= 0.6 is 12.4 Å². The number of hydrogen-bond donors (Lipinski definition) is 2. The molecule has 1 aromatic carbocycles.